The third kappa shape index (κ3) is 1210. The van der Waals surface area contributed by atoms with Gasteiger partial charge in [0.2, 0.25) is 0 Å². The molecule has 0 aliphatic rings. The Morgan fingerprint density at radius 3 is 0.125 bits per heavy atom. The molecule has 40 valence electrons. The Morgan fingerprint density at radius 1 is 0.125 bits per heavy atom. The van der Waals surface area contributed by atoms with E-state index in [4.69, 9.17) is 0 Å². The highest BCUT2D eigenvalue weighted by molar-refractivity contribution is 2.14. The van der Waals surface area contributed by atoms with E-state index in [1.54, 1.807) is 0 Å². The predicted octanol–water partition coefficient (Wildman–Crippen LogP) is -3.84. The van der Waals surface area contributed by atoms with Crippen molar-refractivity contribution < 1.29 is 0 Å². The Morgan fingerprint density at radius 2 is 0.125 bits per heavy atom. The van der Waals surface area contributed by atoms with E-state index in [9.17, 15) is 0 Å². The summed E-state index contributed by atoms with van der Waals surface area (Å²) >= 11 is 0. The second kappa shape index (κ2) is 2100. The van der Waals surface area contributed by atoms with Crippen LogP contribution in [0.15, 0.2) is 0 Å². The van der Waals surface area contributed by atoms with Crippen LogP contribution in [0.5, 0.6) is 0 Å². The van der Waals surface area contributed by atoms with Gasteiger partial charge in [0.15, 0.2) is 0 Å². The summed E-state index contributed by atoms with van der Waals surface area (Å²) in [5.74, 6) is 0. The average molecular weight is 112 g/mol. The topological polar surface area (TPSA) is 244 Å². The summed E-state index contributed by atoms with van der Waals surface area (Å²) in [5.41, 5.74) is 0. The van der Waals surface area contributed by atoms with Gasteiger partial charge < -0.3 is 0 Å². The first kappa shape index (κ1) is 3350. The lowest BCUT2D eigenvalue weighted by molar-refractivity contribution is 2.13. The van der Waals surface area contributed by atoms with E-state index in [0.29, 0.717) is 0 Å². The molecule has 0 aliphatic carbocycles. The maximum absolute atomic E-state index is 0. The van der Waals surface area contributed by atoms with Crippen molar-refractivity contribution in [2.24, 2.45) is 0 Å². The molecule has 0 aromatic carbocycles. The predicted molar refractivity (Wildman–Crippen MR) is 17.1 cm³/mol. The van der Waals surface area contributed by atoms with Crippen molar-refractivity contribution in [3.63, 3.8) is 0 Å². The molecule has 0 aliphatic heterocycles. The smallest absolute Gasteiger partial charge is 0 e. The van der Waals surface area contributed by atoms with Gasteiger partial charge in [-0.2, -0.15) is 0 Å². The zero-order valence-corrected chi connectivity index (χ0v) is 3.58. The van der Waals surface area contributed by atoms with Crippen molar-refractivity contribution in [3.8, 4) is 0 Å². The number of hydrogen-bond acceptors (Lipinski definition) is 0. The number of rotatable bonds is 0. The molecular formula is N8. The summed E-state index contributed by atoms with van der Waals surface area (Å²) in [7, 11) is 0. The lowest BCUT2D eigenvalue weighted by Crippen LogP contribution is -0.482. The van der Waals surface area contributed by atoms with Crippen molar-refractivity contribution in [2.75, 3.05) is 0 Å². The van der Waals surface area contributed by atoms with Crippen LogP contribution in [0.3, 0.4) is 0 Å². The minimum Gasteiger partial charge on any atom is 0 e. The summed E-state index contributed by atoms with van der Waals surface area (Å²) in [5, 5.41) is 0. The minimum atomic E-state index is 0. The van der Waals surface area contributed by atoms with Gasteiger partial charge in [0, 0.05) is 49.2 Å². The van der Waals surface area contributed by atoms with Gasteiger partial charge in [-0.15, -0.1) is 0 Å². The molecule has 0 amide bonds. The summed E-state index contributed by atoms with van der Waals surface area (Å²) in [6, 6.07) is 0. The molecule has 0 heterocycles. The second-order valence-corrected chi connectivity index (χ2v) is 0. The monoisotopic (exact) mass is 112 g/mol. The Bertz CT molecular complexity index is 0. The molecule has 0 aromatic heterocycles. The van der Waals surface area contributed by atoms with E-state index in [2.05, 4.69) is 0 Å². The Labute approximate surface area is 50.5 Å². The van der Waals surface area contributed by atoms with E-state index in [1.165, 1.54) is 0 Å². The fourth-order valence-corrected chi connectivity index (χ4v) is 0. The van der Waals surface area contributed by atoms with Crippen LogP contribution < -0.4 is 49.2 Å². The molecule has 0 saturated carbocycles. The van der Waals surface area contributed by atoms with E-state index in [-0.39, 0.29) is 49.2 Å². The number of hydrogen-bond donors (Lipinski definition) is 0. The zero-order valence-electron chi connectivity index (χ0n) is 3.58. The fraction of sp³-hybridized carbons (Fsp3) is 0. The van der Waals surface area contributed by atoms with Crippen molar-refractivity contribution in [3.05, 3.63) is 0 Å². The van der Waals surface area contributed by atoms with Gasteiger partial charge in [-0.3, -0.25) is 0 Å². The molecule has 0 atom stereocenters. The fourth-order valence-electron chi connectivity index (χ4n) is 0. The average Bonchev–Trinajstić information content (AvgIpc) is 0. The molecule has 8 nitrogen and oxygen atoms in total. The van der Waals surface area contributed by atoms with Crippen LogP contribution in [-0.2, 0) is 0 Å². The first-order chi connectivity index (χ1) is 0. The van der Waals surface area contributed by atoms with Crippen molar-refractivity contribution in [2.45, 2.75) is 0 Å². The molecular weight excluding hydrogens is 112 g/mol. The first-order valence-electron chi connectivity index (χ1n) is 0. The van der Waals surface area contributed by atoms with Gasteiger partial charge in [-0.05, 0) is 0 Å². The van der Waals surface area contributed by atoms with Crippen LogP contribution >= 0.6 is 0 Å². The summed E-state index contributed by atoms with van der Waals surface area (Å²) < 4.78 is 0. The molecule has 0 N–H and O–H groups in total. The lowest BCUT2D eigenvalue weighted by atomic mass is 14.0. The van der Waals surface area contributed by atoms with Gasteiger partial charge in [-0.25, -0.2) is 0 Å². The highest BCUT2D eigenvalue weighted by Crippen LogP contribution is -0.474. The van der Waals surface area contributed by atoms with Crippen LogP contribution in [0.4, 0.5) is 0 Å². The van der Waals surface area contributed by atoms with Gasteiger partial charge >= 0.3 is 0 Å². The minimum absolute atomic E-state index is 0. The maximum atomic E-state index is 0. The lowest BCUT2D eigenvalue weighted by Gasteiger charge is -0.00100. The number of nitrogens with zero attached hydrogens (tertiary/aromatic N) is 8. The molecule has 0 aromatic rings. The molecule has 0 bridgehead atoms. The molecule has 0 saturated heterocycles. The van der Waals surface area contributed by atoms with Crippen LogP contribution in [0, 0.1) is 0 Å². The highest BCUT2D eigenvalue weighted by atomic mass is 14.0. The third-order valence-corrected chi connectivity index (χ3v) is 0. The van der Waals surface area contributed by atoms with Gasteiger partial charge in [0.05, 0.1) is 0 Å². The van der Waals surface area contributed by atoms with E-state index in [1.807, 2.05) is 0 Å². The van der Waals surface area contributed by atoms with Gasteiger partial charge in [0.1, 0.15) is 0 Å². The standard InChI is InChI=1S/8N. The van der Waals surface area contributed by atoms with E-state index >= 15 is 0 Å². The molecule has 8 heteroatoms. The normalized spacial score (nSPS) is 0. The molecule has 0 spiro atoms. The Hall–Kier alpha value is -0.320. The zero-order chi connectivity index (χ0) is 0. The van der Waals surface area contributed by atoms with Crippen LogP contribution in [0.2, 0.25) is 0 Å². The molecule has 0 unspecified atom stereocenters. The SMILES string of the molecule is [N].[N].[N].[N].[N].[N].[N].[N]. The van der Waals surface area contributed by atoms with Crippen molar-refractivity contribution >= 4 is 0 Å². The van der Waals surface area contributed by atoms with E-state index < -0.39 is 0 Å². The van der Waals surface area contributed by atoms with Crippen LogP contribution in [-0.4, -0.2) is 0 Å². The molecule has 0 rings (SSSR count). The Balaban J connectivity index is 0. The van der Waals surface area contributed by atoms with Gasteiger partial charge in [-0.1, -0.05) is 0 Å². The van der Waals surface area contributed by atoms with E-state index in [0.717, 1.165) is 0 Å². The second-order valence-electron chi connectivity index (χ2n) is 0. The molecule has 24 radical (unpaired) electrons. The van der Waals surface area contributed by atoms with Gasteiger partial charge in [0.25, 0.3) is 0 Å². The van der Waals surface area contributed by atoms with Crippen molar-refractivity contribution in [1.29, 1.82) is 0 Å². The third-order valence-electron chi connectivity index (χ3n) is 0. The first-order valence-corrected chi connectivity index (χ1v) is 0. The Kier molecular flexibility index (Phi) is 880000. The van der Waals surface area contributed by atoms with Crippen LogP contribution in [0.1, 0.15) is 0 Å². The summed E-state index contributed by atoms with van der Waals surface area (Å²) in [6.45, 7) is 0. The van der Waals surface area contributed by atoms with Crippen molar-refractivity contribution in [1.82, 2.24) is 49.2 Å². The maximum Gasteiger partial charge on any atom is 0 e. The van der Waals surface area contributed by atoms with Crippen LogP contribution in [0.25, 0.3) is 0 Å². The molecule has 0 fully saturated rings. The molecule has 8 heavy (non-hydrogen) atoms. The highest BCUT2D eigenvalue weighted by Gasteiger charge is 0.00700. The summed E-state index contributed by atoms with van der Waals surface area (Å²) in [4.78, 5) is 0. The summed E-state index contributed by atoms with van der Waals surface area (Å²) in [6.07, 6.45) is 0. The quantitative estimate of drug-likeness (QED) is 0.291. The largest absolute Gasteiger partial charge is 0 e.